The molecule has 104 valence electrons. The maximum atomic E-state index is 5.49. The lowest BCUT2D eigenvalue weighted by molar-refractivity contribution is 0.117. The van der Waals surface area contributed by atoms with Crippen molar-refractivity contribution < 1.29 is 13.3 Å². The Morgan fingerprint density at radius 1 is 1.22 bits per heavy atom. The molecule has 0 bridgehead atoms. The minimum atomic E-state index is -2.47. The zero-order valence-corrected chi connectivity index (χ0v) is 12.9. The predicted octanol–water partition coefficient (Wildman–Crippen LogP) is 3.41. The van der Waals surface area contributed by atoms with Crippen LogP contribution in [0.15, 0.2) is 25.3 Å². The fourth-order valence-electron chi connectivity index (χ4n) is 3.08. The van der Waals surface area contributed by atoms with Gasteiger partial charge in [-0.25, -0.2) is 0 Å². The van der Waals surface area contributed by atoms with E-state index < -0.39 is 8.80 Å². The lowest BCUT2D eigenvalue weighted by Crippen LogP contribution is -2.44. The first-order valence-corrected chi connectivity index (χ1v) is 8.47. The van der Waals surface area contributed by atoms with Crippen molar-refractivity contribution in [2.45, 2.75) is 31.7 Å². The average molecular weight is 270 g/mol. The maximum absolute atomic E-state index is 5.49. The van der Waals surface area contributed by atoms with E-state index in [1.54, 1.807) is 21.3 Å². The van der Waals surface area contributed by atoms with Crippen molar-refractivity contribution in [2.75, 3.05) is 21.3 Å². The van der Waals surface area contributed by atoms with Gasteiger partial charge >= 0.3 is 8.80 Å². The topological polar surface area (TPSA) is 27.7 Å². The molecule has 2 unspecified atom stereocenters. The third-order valence-electron chi connectivity index (χ3n) is 4.42. The average Bonchev–Trinajstić information content (AvgIpc) is 2.84. The lowest BCUT2D eigenvalue weighted by atomic mass is 9.76. The van der Waals surface area contributed by atoms with Gasteiger partial charge in [0, 0.05) is 27.4 Å². The van der Waals surface area contributed by atoms with E-state index >= 15 is 0 Å². The molecule has 1 rings (SSSR count). The maximum Gasteiger partial charge on any atom is 0.500 e. The standard InChI is InChI=1S/C14H26O3Si/c1-6-13-9-8-10-14(13,7-2)11-12-18(15-3,16-4)17-5/h6-7,13H,1-2,8-12H2,3-5H3. The van der Waals surface area contributed by atoms with Crippen molar-refractivity contribution in [2.24, 2.45) is 11.3 Å². The summed E-state index contributed by atoms with van der Waals surface area (Å²) in [6, 6.07) is 0.826. The molecule has 1 aliphatic carbocycles. The molecule has 0 amide bonds. The fraction of sp³-hybridized carbons (Fsp3) is 0.714. The molecule has 0 radical (unpaired) electrons. The molecular formula is C14H26O3Si. The van der Waals surface area contributed by atoms with Crippen molar-refractivity contribution in [1.82, 2.24) is 0 Å². The van der Waals surface area contributed by atoms with Crippen molar-refractivity contribution in [1.29, 1.82) is 0 Å². The molecule has 0 aromatic rings. The molecule has 2 atom stereocenters. The van der Waals surface area contributed by atoms with E-state index in [0.717, 1.165) is 12.5 Å². The van der Waals surface area contributed by atoms with Crippen molar-refractivity contribution in [3.8, 4) is 0 Å². The van der Waals surface area contributed by atoms with Gasteiger partial charge < -0.3 is 13.3 Å². The van der Waals surface area contributed by atoms with Gasteiger partial charge in [-0.2, -0.15) is 0 Å². The van der Waals surface area contributed by atoms with Crippen LogP contribution < -0.4 is 0 Å². The third kappa shape index (κ3) is 2.94. The van der Waals surface area contributed by atoms with Gasteiger partial charge in [-0.3, -0.25) is 0 Å². The quantitative estimate of drug-likeness (QED) is 0.500. The summed E-state index contributed by atoms with van der Waals surface area (Å²) in [5.41, 5.74) is 0.148. The van der Waals surface area contributed by atoms with Crippen LogP contribution in [0.3, 0.4) is 0 Å². The van der Waals surface area contributed by atoms with Crippen LogP contribution in [0, 0.1) is 11.3 Å². The van der Waals surface area contributed by atoms with E-state index in [-0.39, 0.29) is 5.41 Å². The first kappa shape index (κ1) is 15.6. The second-order valence-electron chi connectivity index (χ2n) is 4.97. The van der Waals surface area contributed by atoms with Crippen LogP contribution in [-0.4, -0.2) is 30.1 Å². The van der Waals surface area contributed by atoms with Gasteiger partial charge in [-0.1, -0.05) is 18.6 Å². The van der Waals surface area contributed by atoms with Gasteiger partial charge in [0.05, 0.1) is 0 Å². The summed E-state index contributed by atoms with van der Waals surface area (Å²) in [7, 11) is 2.53. The molecule has 4 heteroatoms. The molecule has 18 heavy (non-hydrogen) atoms. The second-order valence-corrected chi connectivity index (χ2v) is 8.06. The Hall–Kier alpha value is -0.423. The molecule has 1 fully saturated rings. The van der Waals surface area contributed by atoms with Crippen LogP contribution in [0.1, 0.15) is 25.7 Å². The number of rotatable bonds is 8. The Morgan fingerprint density at radius 2 is 1.83 bits per heavy atom. The lowest BCUT2D eigenvalue weighted by Gasteiger charge is -2.34. The molecule has 0 spiro atoms. The number of hydrogen-bond donors (Lipinski definition) is 0. The zero-order chi connectivity index (χ0) is 13.6. The predicted molar refractivity (Wildman–Crippen MR) is 76.4 cm³/mol. The highest BCUT2D eigenvalue weighted by molar-refractivity contribution is 6.60. The van der Waals surface area contributed by atoms with Gasteiger partial charge in [0.15, 0.2) is 0 Å². The molecule has 0 aromatic heterocycles. The Kier molecular flexibility index (Phi) is 5.78. The summed E-state index contributed by atoms with van der Waals surface area (Å²) in [6.07, 6.45) is 8.79. The van der Waals surface area contributed by atoms with Crippen LogP contribution in [0.4, 0.5) is 0 Å². The van der Waals surface area contributed by atoms with Crippen LogP contribution in [0.5, 0.6) is 0 Å². The second kappa shape index (κ2) is 6.66. The Balaban J connectivity index is 2.75. The van der Waals surface area contributed by atoms with Gasteiger partial charge in [0.25, 0.3) is 0 Å². The first-order chi connectivity index (χ1) is 8.62. The highest BCUT2D eigenvalue weighted by Gasteiger charge is 2.44. The molecule has 3 nitrogen and oxygen atoms in total. The molecule has 1 aliphatic rings. The molecular weight excluding hydrogens is 244 g/mol. The van der Waals surface area contributed by atoms with E-state index in [2.05, 4.69) is 25.3 Å². The van der Waals surface area contributed by atoms with Crippen LogP contribution >= 0.6 is 0 Å². The molecule has 0 aliphatic heterocycles. The monoisotopic (exact) mass is 270 g/mol. The van der Waals surface area contributed by atoms with Gasteiger partial charge in [-0.05, 0) is 30.6 Å². The van der Waals surface area contributed by atoms with E-state index in [1.807, 2.05) is 0 Å². The smallest absolute Gasteiger partial charge is 0.377 e. The zero-order valence-electron chi connectivity index (χ0n) is 11.9. The van der Waals surface area contributed by atoms with Crippen LogP contribution in [0.2, 0.25) is 6.04 Å². The molecule has 0 heterocycles. The van der Waals surface area contributed by atoms with Gasteiger partial charge in [-0.15, -0.1) is 13.2 Å². The molecule has 0 saturated heterocycles. The number of allylic oxidation sites excluding steroid dienone is 2. The molecule has 1 saturated carbocycles. The Bertz CT molecular complexity index is 280. The van der Waals surface area contributed by atoms with Crippen LogP contribution in [0.25, 0.3) is 0 Å². The summed E-state index contributed by atoms with van der Waals surface area (Å²) in [6.45, 7) is 8.00. The minimum absolute atomic E-state index is 0.148. The van der Waals surface area contributed by atoms with E-state index in [4.69, 9.17) is 13.3 Å². The third-order valence-corrected chi connectivity index (χ3v) is 7.14. The van der Waals surface area contributed by atoms with E-state index in [9.17, 15) is 0 Å². The summed E-state index contributed by atoms with van der Waals surface area (Å²) < 4.78 is 16.5. The van der Waals surface area contributed by atoms with Gasteiger partial charge in [0.1, 0.15) is 0 Å². The highest BCUT2D eigenvalue weighted by atomic mass is 28.4. The Labute approximate surface area is 112 Å². The number of hydrogen-bond acceptors (Lipinski definition) is 3. The molecule has 0 aromatic carbocycles. The van der Waals surface area contributed by atoms with Crippen molar-refractivity contribution in [3.63, 3.8) is 0 Å². The van der Waals surface area contributed by atoms with Crippen molar-refractivity contribution in [3.05, 3.63) is 25.3 Å². The van der Waals surface area contributed by atoms with Crippen molar-refractivity contribution >= 4 is 8.80 Å². The summed E-state index contributed by atoms with van der Waals surface area (Å²) in [5, 5.41) is 0. The highest BCUT2D eigenvalue weighted by Crippen LogP contribution is 2.49. The summed E-state index contributed by atoms with van der Waals surface area (Å²) >= 11 is 0. The normalized spacial score (nSPS) is 28.3. The van der Waals surface area contributed by atoms with Crippen LogP contribution in [-0.2, 0) is 13.3 Å². The summed E-state index contributed by atoms with van der Waals surface area (Å²) in [5.74, 6) is 0.521. The van der Waals surface area contributed by atoms with E-state index in [1.165, 1.54) is 19.3 Å². The fourth-order valence-corrected chi connectivity index (χ4v) is 4.97. The molecule has 0 N–H and O–H groups in total. The largest absolute Gasteiger partial charge is 0.500 e. The van der Waals surface area contributed by atoms with Gasteiger partial charge in [0.2, 0.25) is 0 Å². The summed E-state index contributed by atoms with van der Waals surface area (Å²) in [4.78, 5) is 0. The minimum Gasteiger partial charge on any atom is -0.377 e. The van der Waals surface area contributed by atoms with E-state index in [0.29, 0.717) is 5.92 Å². The Morgan fingerprint density at radius 3 is 2.28 bits per heavy atom. The first-order valence-electron chi connectivity index (χ1n) is 6.53. The SMILES string of the molecule is C=CC1CCCC1(C=C)CC[Si](OC)(OC)OC.